The maximum absolute atomic E-state index is 10.0. The molecular formula is C12H16OS. The third-order valence-electron chi connectivity index (χ3n) is 2.71. The van der Waals surface area contributed by atoms with Crippen LogP contribution in [-0.4, -0.2) is 10.9 Å². The summed E-state index contributed by atoms with van der Waals surface area (Å²) in [5, 5.41) is 10.0. The molecule has 0 saturated carbocycles. The van der Waals surface area contributed by atoms with E-state index < -0.39 is 5.60 Å². The lowest BCUT2D eigenvalue weighted by atomic mass is 9.93. The largest absolute Gasteiger partial charge is 0.386 e. The first-order valence-electron chi connectivity index (χ1n) is 4.98. The molecule has 76 valence electrons. The first-order chi connectivity index (χ1) is 6.50. The Kier molecular flexibility index (Phi) is 2.36. The Labute approximate surface area is 89.5 Å². The second kappa shape index (κ2) is 3.28. The number of hydrogen-bond acceptors (Lipinski definition) is 2. The lowest BCUT2D eigenvalue weighted by molar-refractivity contribution is 0.0757. The normalized spacial score (nSPS) is 21.0. The highest BCUT2D eigenvalue weighted by atomic mass is 32.2. The van der Waals surface area contributed by atoms with Crippen molar-refractivity contribution in [1.82, 2.24) is 0 Å². The zero-order valence-electron chi connectivity index (χ0n) is 8.87. The Morgan fingerprint density at radius 1 is 1.43 bits per heavy atom. The van der Waals surface area contributed by atoms with E-state index in [1.807, 2.05) is 31.7 Å². The molecule has 0 fully saturated rings. The van der Waals surface area contributed by atoms with Gasteiger partial charge >= 0.3 is 0 Å². The van der Waals surface area contributed by atoms with Crippen LogP contribution in [0.25, 0.3) is 0 Å². The molecule has 1 heterocycles. The highest BCUT2D eigenvalue weighted by Gasteiger charge is 2.27. The van der Waals surface area contributed by atoms with E-state index in [9.17, 15) is 5.11 Å². The van der Waals surface area contributed by atoms with Crippen LogP contribution in [0.15, 0.2) is 23.1 Å². The Bertz CT molecular complexity index is 352. The van der Waals surface area contributed by atoms with Crippen molar-refractivity contribution >= 4 is 11.8 Å². The highest BCUT2D eigenvalue weighted by Crippen LogP contribution is 2.44. The fourth-order valence-electron chi connectivity index (χ4n) is 1.88. The molecule has 1 N–H and O–H groups in total. The third kappa shape index (κ3) is 1.57. The van der Waals surface area contributed by atoms with Gasteiger partial charge in [0.2, 0.25) is 0 Å². The van der Waals surface area contributed by atoms with Crippen molar-refractivity contribution < 1.29 is 5.11 Å². The van der Waals surface area contributed by atoms with Crippen molar-refractivity contribution in [2.24, 2.45) is 0 Å². The minimum Gasteiger partial charge on any atom is -0.386 e. The fraction of sp³-hybridized carbons (Fsp3) is 0.500. The average Bonchev–Trinajstić information content (AvgIpc) is 2.46. The van der Waals surface area contributed by atoms with Gasteiger partial charge in [0.25, 0.3) is 0 Å². The molecule has 1 atom stereocenters. The highest BCUT2D eigenvalue weighted by molar-refractivity contribution is 7.99. The standard InChI is InChI=1S/C12H16OS/c1-8-7-14-11-9(8)5-4-6-10(11)12(2,3)13/h4-6,8,13H,7H2,1-3H3. The molecule has 0 aliphatic carbocycles. The summed E-state index contributed by atoms with van der Waals surface area (Å²) in [7, 11) is 0. The van der Waals surface area contributed by atoms with Gasteiger partial charge in [-0.2, -0.15) is 0 Å². The van der Waals surface area contributed by atoms with Gasteiger partial charge in [0.1, 0.15) is 0 Å². The summed E-state index contributed by atoms with van der Waals surface area (Å²) in [6.07, 6.45) is 0. The van der Waals surface area contributed by atoms with E-state index in [4.69, 9.17) is 0 Å². The van der Waals surface area contributed by atoms with Crippen LogP contribution in [0.3, 0.4) is 0 Å². The van der Waals surface area contributed by atoms with Crippen LogP contribution in [0.5, 0.6) is 0 Å². The molecule has 0 saturated heterocycles. The lowest BCUT2D eigenvalue weighted by Crippen LogP contribution is -2.16. The van der Waals surface area contributed by atoms with Crippen molar-refractivity contribution in [3.8, 4) is 0 Å². The van der Waals surface area contributed by atoms with Gasteiger partial charge in [0.15, 0.2) is 0 Å². The van der Waals surface area contributed by atoms with Gasteiger partial charge in [-0.3, -0.25) is 0 Å². The van der Waals surface area contributed by atoms with E-state index >= 15 is 0 Å². The number of thioether (sulfide) groups is 1. The van der Waals surface area contributed by atoms with Gasteiger partial charge in [0, 0.05) is 10.6 Å². The first kappa shape index (κ1) is 10.1. The fourth-order valence-corrected chi connectivity index (χ4v) is 3.39. The topological polar surface area (TPSA) is 20.2 Å². The van der Waals surface area contributed by atoms with Crippen molar-refractivity contribution in [2.45, 2.75) is 37.2 Å². The summed E-state index contributed by atoms with van der Waals surface area (Å²) in [4.78, 5) is 1.30. The molecule has 1 aromatic rings. The van der Waals surface area contributed by atoms with E-state index in [2.05, 4.69) is 19.1 Å². The molecule has 1 aliphatic heterocycles. The van der Waals surface area contributed by atoms with Crippen molar-refractivity contribution in [3.63, 3.8) is 0 Å². The molecule has 1 nitrogen and oxygen atoms in total. The van der Waals surface area contributed by atoms with E-state index in [-0.39, 0.29) is 0 Å². The molecule has 0 aromatic heterocycles. The van der Waals surface area contributed by atoms with Crippen LogP contribution >= 0.6 is 11.8 Å². The number of hydrogen-bond donors (Lipinski definition) is 1. The van der Waals surface area contributed by atoms with Crippen molar-refractivity contribution in [1.29, 1.82) is 0 Å². The molecule has 0 spiro atoms. The van der Waals surface area contributed by atoms with Gasteiger partial charge in [0.05, 0.1) is 5.60 Å². The third-order valence-corrected chi connectivity index (χ3v) is 4.12. The molecule has 1 aliphatic rings. The summed E-state index contributed by atoms with van der Waals surface area (Å²) in [6, 6.07) is 6.26. The van der Waals surface area contributed by atoms with Crippen LogP contribution in [0.1, 0.15) is 37.8 Å². The number of benzene rings is 1. The molecule has 14 heavy (non-hydrogen) atoms. The molecule has 0 amide bonds. The number of rotatable bonds is 1. The monoisotopic (exact) mass is 208 g/mol. The number of fused-ring (bicyclic) bond motifs is 1. The van der Waals surface area contributed by atoms with Crippen LogP contribution in [0.2, 0.25) is 0 Å². The molecule has 1 aromatic carbocycles. The smallest absolute Gasteiger partial charge is 0.0851 e. The zero-order chi connectivity index (χ0) is 10.3. The maximum atomic E-state index is 10.0. The summed E-state index contributed by atoms with van der Waals surface area (Å²) in [6.45, 7) is 5.95. The molecule has 2 rings (SSSR count). The SMILES string of the molecule is CC1CSc2c1cccc2C(C)(C)O. The lowest BCUT2D eigenvalue weighted by Gasteiger charge is -2.21. The predicted molar refractivity (Wildman–Crippen MR) is 60.8 cm³/mol. The van der Waals surface area contributed by atoms with Crippen molar-refractivity contribution in [3.05, 3.63) is 29.3 Å². The van der Waals surface area contributed by atoms with Gasteiger partial charge in [-0.25, -0.2) is 0 Å². The Morgan fingerprint density at radius 2 is 2.14 bits per heavy atom. The summed E-state index contributed by atoms with van der Waals surface area (Å²) in [5.74, 6) is 1.76. The zero-order valence-corrected chi connectivity index (χ0v) is 9.69. The summed E-state index contributed by atoms with van der Waals surface area (Å²) >= 11 is 1.87. The van der Waals surface area contributed by atoms with Crippen LogP contribution in [0, 0.1) is 0 Å². The van der Waals surface area contributed by atoms with Gasteiger partial charge in [-0.1, -0.05) is 25.1 Å². The summed E-state index contributed by atoms with van der Waals surface area (Å²) in [5.41, 5.74) is 1.75. The second-order valence-electron chi connectivity index (χ2n) is 4.49. The second-order valence-corrected chi connectivity index (χ2v) is 5.53. The van der Waals surface area contributed by atoms with Gasteiger partial charge in [-0.05, 0) is 30.9 Å². The molecular weight excluding hydrogens is 192 g/mol. The van der Waals surface area contributed by atoms with Gasteiger partial charge in [-0.15, -0.1) is 11.8 Å². The maximum Gasteiger partial charge on any atom is 0.0851 e. The first-order valence-corrected chi connectivity index (χ1v) is 5.97. The van der Waals surface area contributed by atoms with Crippen LogP contribution in [0.4, 0.5) is 0 Å². The van der Waals surface area contributed by atoms with E-state index in [0.717, 1.165) is 11.3 Å². The quantitative estimate of drug-likeness (QED) is 0.765. The Morgan fingerprint density at radius 3 is 2.79 bits per heavy atom. The summed E-state index contributed by atoms with van der Waals surface area (Å²) < 4.78 is 0. The molecule has 0 radical (unpaired) electrons. The van der Waals surface area contributed by atoms with Gasteiger partial charge < -0.3 is 5.11 Å². The minimum atomic E-state index is -0.720. The van der Waals surface area contributed by atoms with E-state index in [1.165, 1.54) is 10.5 Å². The Hall–Kier alpha value is -0.470. The minimum absolute atomic E-state index is 0.622. The van der Waals surface area contributed by atoms with E-state index in [0.29, 0.717) is 5.92 Å². The molecule has 0 bridgehead atoms. The van der Waals surface area contributed by atoms with E-state index in [1.54, 1.807) is 0 Å². The van der Waals surface area contributed by atoms with Crippen LogP contribution in [-0.2, 0) is 5.60 Å². The predicted octanol–water partition coefficient (Wildman–Crippen LogP) is 3.12. The number of aliphatic hydroxyl groups is 1. The van der Waals surface area contributed by atoms with Crippen molar-refractivity contribution in [2.75, 3.05) is 5.75 Å². The van der Waals surface area contributed by atoms with Crippen LogP contribution < -0.4 is 0 Å². The molecule has 1 unspecified atom stereocenters. The molecule has 2 heteroatoms. The average molecular weight is 208 g/mol. The Balaban J connectivity index is 2.55.